The number of anilines is 2. The van der Waals surface area contributed by atoms with Crippen molar-refractivity contribution in [1.82, 2.24) is 23.7 Å². The number of hydrogen-bond acceptors (Lipinski definition) is 8. The number of nitrogens with two attached hydrogens (primary N) is 1. The number of fused-ring (bicyclic) bond motifs is 2. The summed E-state index contributed by atoms with van der Waals surface area (Å²) < 4.78 is 4.14. The molecule has 1 saturated heterocycles. The Kier molecular flexibility index (Phi) is 6.61. The van der Waals surface area contributed by atoms with Crippen LogP contribution in [0.4, 0.5) is 11.6 Å². The van der Waals surface area contributed by atoms with Crippen molar-refractivity contribution in [2.45, 2.75) is 24.2 Å². The maximum absolute atomic E-state index is 13.0. The number of nitrogens with zero attached hydrogens (tertiary/aromatic N) is 5. The third-order valence-corrected chi connectivity index (χ3v) is 8.28. The third-order valence-electron chi connectivity index (χ3n) is 7.18. The fourth-order valence-electron chi connectivity index (χ4n) is 5.01. The molecule has 0 saturated carbocycles. The molecule has 2 aromatic carbocycles. The molecule has 0 atom stereocenters. The second kappa shape index (κ2) is 10.2. The van der Waals surface area contributed by atoms with Crippen LogP contribution < -0.4 is 16.5 Å². The molecule has 0 spiro atoms. The van der Waals surface area contributed by atoms with Crippen LogP contribution in [0.3, 0.4) is 0 Å². The van der Waals surface area contributed by atoms with Gasteiger partial charge in [-0.05, 0) is 85.8 Å². The first-order valence-electron chi connectivity index (χ1n) is 12.8. The molecule has 0 bridgehead atoms. The summed E-state index contributed by atoms with van der Waals surface area (Å²) in [6.45, 7) is 4.22. The normalized spacial score (nSPS) is 16.0. The third kappa shape index (κ3) is 4.90. The van der Waals surface area contributed by atoms with Gasteiger partial charge in [0.1, 0.15) is 5.56 Å². The van der Waals surface area contributed by atoms with Crippen molar-refractivity contribution in [3.63, 3.8) is 0 Å². The molecule has 194 valence electrons. The van der Waals surface area contributed by atoms with Crippen LogP contribution in [0, 0.1) is 0 Å². The number of likely N-dealkylation sites (N-methyl/N-ethyl adjacent to an activating group) is 1. The summed E-state index contributed by atoms with van der Waals surface area (Å²) in [6, 6.07) is 14.3. The van der Waals surface area contributed by atoms with Crippen LogP contribution in [0.1, 0.15) is 27.9 Å². The number of benzene rings is 2. The number of piperazine rings is 1. The largest absolute Gasteiger partial charge is 0.365 e. The molecular formula is C28H29N7O2S. The Labute approximate surface area is 224 Å². The van der Waals surface area contributed by atoms with E-state index in [1.165, 1.54) is 28.4 Å². The Morgan fingerprint density at radius 2 is 1.79 bits per heavy atom. The standard InChI is InChI=1S/C28H29N7O2S/c1-33-11-13-34(14-12-33)38-22-9-6-20(7-10-22)31-28-30-16-23-25(36)24(26(29)37)17-35(27(23)32-28)21-8-5-18-3-2-4-19(18)15-21/h5-10,15-17H,2-4,11-14H2,1H3,(H2,29,37)(H,30,31,32). The first-order valence-corrected chi connectivity index (χ1v) is 13.5. The van der Waals surface area contributed by atoms with Crippen molar-refractivity contribution in [1.29, 1.82) is 0 Å². The van der Waals surface area contributed by atoms with Crippen molar-refractivity contribution >= 4 is 40.5 Å². The zero-order chi connectivity index (χ0) is 26.2. The molecule has 1 aliphatic heterocycles. The van der Waals surface area contributed by atoms with Crippen LogP contribution in [-0.4, -0.2) is 62.9 Å². The lowest BCUT2D eigenvalue weighted by atomic mass is 10.1. The van der Waals surface area contributed by atoms with E-state index in [-0.39, 0.29) is 10.9 Å². The summed E-state index contributed by atoms with van der Waals surface area (Å²) >= 11 is 1.77. The van der Waals surface area contributed by atoms with E-state index in [2.05, 4.69) is 50.8 Å². The van der Waals surface area contributed by atoms with E-state index in [0.717, 1.165) is 56.8 Å². The van der Waals surface area contributed by atoms with Gasteiger partial charge in [-0.1, -0.05) is 6.07 Å². The number of nitrogens with one attached hydrogen (secondary N) is 1. The lowest BCUT2D eigenvalue weighted by molar-refractivity contribution is 0.0999. The second-order valence-electron chi connectivity index (χ2n) is 9.82. The molecule has 38 heavy (non-hydrogen) atoms. The van der Waals surface area contributed by atoms with Crippen molar-refractivity contribution in [2.75, 3.05) is 38.5 Å². The fourth-order valence-corrected chi connectivity index (χ4v) is 5.91. The zero-order valence-corrected chi connectivity index (χ0v) is 22.0. The van der Waals surface area contributed by atoms with Gasteiger partial charge in [0.05, 0.1) is 5.39 Å². The van der Waals surface area contributed by atoms with E-state index in [4.69, 9.17) is 10.7 Å². The summed E-state index contributed by atoms with van der Waals surface area (Å²) in [4.78, 5) is 37.6. The number of primary amides is 1. The monoisotopic (exact) mass is 527 g/mol. The molecule has 4 aromatic rings. The van der Waals surface area contributed by atoms with E-state index in [1.807, 2.05) is 18.2 Å². The minimum Gasteiger partial charge on any atom is -0.365 e. The molecule has 10 heteroatoms. The molecule has 9 nitrogen and oxygen atoms in total. The highest BCUT2D eigenvalue weighted by molar-refractivity contribution is 7.97. The highest BCUT2D eigenvalue weighted by atomic mass is 32.2. The molecule has 1 fully saturated rings. The number of rotatable bonds is 6. The number of hydrogen-bond donors (Lipinski definition) is 2. The fraction of sp³-hybridized carbons (Fsp3) is 0.286. The molecule has 3 N–H and O–H groups in total. The summed E-state index contributed by atoms with van der Waals surface area (Å²) in [5, 5.41) is 3.49. The molecule has 1 aliphatic carbocycles. The number of carbonyl (C=O) groups excluding carboxylic acids is 1. The zero-order valence-electron chi connectivity index (χ0n) is 21.2. The van der Waals surface area contributed by atoms with Crippen molar-refractivity contribution in [3.05, 3.63) is 81.8 Å². The van der Waals surface area contributed by atoms with Crippen molar-refractivity contribution in [2.24, 2.45) is 5.73 Å². The van der Waals surface area contributed by atoms with E-state index in [0.29, 0.717) is 11.6 Å². The second-order valence-corrected chi connectivity index (χ2v) is 11.0. The SMILES string of the molecule is CN1CCN(Sc2ccc(Nc3ncc4c(=O)c(C(N)=O)cn(-c5ccc6c(c5)CCC6)c4n3)cc2)CC1. The van der Waals surface area contributed by atoms with Gasteiger partial charge in [-0.2, -0.15) is 4.98 Å². The van der Waals surface area contributed by atoms with Gasteiger partial charge in [0.25, 0.3) is 5.91 Å². The first kappa shape index (κ1) is 24.6. The average molecular weight is 528 g/mol. The Morgan fingerprint density at radius 3 is 2.55 bits per heavy atom. The van der Waals surface area contributed by atoms with Crippen LogP contribution in [0.2, 0.25) is 0 Å². The van der Waals surface area contributed by atoms with Crippen LogP contribution in [0.5, 0.6) is 0 Å². The van der Waals surface area contributed by atoms with Gasteiger partial charge in [-0.15, -0.1) is 0 Å². The maximum atomic E-state index is 13.0. The van der Waals surface area contributed by atoms with Crippen LogP contribution in [0.25, 0.3) is 16.7 Å². The number of pyridine rings is 1. The molecule has 3 heterocycles. The Balaban J connectivity index is 1.31. The Hall–Kier alpha value is -3.73. The summed E-state index contributed by atoms with van der Waals surface area (Å²) in [5.74, 6) is -0.415. The lowest BCUT2D eigenvalue weighted by Gasteiger charge is -2.31. The highest BCUT2D eigenvalue weighted by Crippen LogP contribution is 2.28. The molecule has 1 amide bonds. The van der Waals surface area contributed by atoms with E-state index < -0.39 is 11.3 Å². The molecule has 0 radical (unpaired) electrons. The van der Waals surface area contributed by atoms with Crippen LogP contribution in [-0.2, 0) is 12.8 Å². The number of aromatic nitrogens is 3. The van der Waals surface area contributed by atoms with E-state index >= 15 is 0 Å². The maximum Gasteiger partial charge on any atom is 0.254 e. The van der Waals surface area contributed by atoms with Gasteiger partial charge in [0.2, 0.25) is 11.4 Å². The minimum atomic E-state index is -0.774. The first-order chi connectivity index (χ1) is 18.4. The molecule has 0 unspecified atom stereocenters. The number of amides is 1. The van der Waals surface area contributed by atoms with Gasteiger partial charge >= 0.3 is 0 Å². The topological polar surface area (TPSA) is 109 Å². The highest BCUT2D eigenvalue weighted by Gasteiger charge is 2.19. The average Bonchev–Trinajstić information content (AvgIpc) is 3.39. The summed E-state index contributed by atoms with van der Waals surface area (Å²) in [5.41, 5.74) is 9.67. The molecular weight excluding hydrogens is 498 g/mol. The van der Waals surface area contributed by atoms with Gasteiger partial charge in [-0.3, -0.25) is 9.59 Å². The predicted octanol–water partition coefficient (Wildman–Crippen LogP) is 3.37. The predicted molar refractivity (Wildman–Crippen MR) is 150 cm³/mol. The molecule has 2 aliphatic rings. The van der Waals surface area contributed by atoms with Gasteiger partial charge in [0.15, 0.2) is 5.65 Å². The van der Waals surface area contributed by atoms with Gasteiger partial charge in [0, 0.05) is 54.8 Å². The lowest BCUT2D eigenvalue weighted by Crippen LogP contribution is -2.40. The number of aryl methyl sites for hydroxylation is 2. The van der Waals surface area contributed by atoms with E-state index in [9.17, 15) is 9.59 Å². The van der Waals surface area contributed by atoms with Crippen LogP contribution >= 0.6 is 11.9 Å². The smallest absolute Gasteiger partial charge is 0.254 e. The molecule has 2 aromatic heterocycles. The Morgan fingerprint density at radius 1 is 1.03 bits per heavy atom. The number of carbonyl (C=O) groups is 1. The van der Waals surface area contributed by atoms with Crippen LogP contribution in [0.15, 0.2) is 64.5 Å². The Bertz CT molecular complexity index is 1580. The van der Waals surface area contributed by atoms with Gasteiger partial charge in [-0.25, -0.2) is 9.29 Å². The summed E-state index contributed by atoms with van der Waals surface area (Å²) in [7, 11) is 2.15. The van der Waals surface area contributed by atoms with Crippen molar-refractivity contribution < 1.29 is 4.79 Å². The quantitative estimate of drug-likeness (QED) is 0.368. The van der Waals surface area contributed by atoms with E-state index in [1.54, 1.807) is 16.5 Å². The van der Waals surface area contributed by atoms with Crippen molar-refractivity contribution in [3.8, 4) is 5.69 Å². The minimum absolute atomic E-state index is 0.0873. The summed E-state index contributed by atoms with van der Waals surface area (Å²) in [6.07, 6.45) is 6.15. The van der Waals surface area contributed by atoms with Gasteiger partial charge < -0.3 is 20.5 Å². The molecule has 6 rings (SSSR count).